The largest absolute Gasteiger partial charge is 0.396 e. The lowest BCUT2D eigenvalue weighted by Crippen LogP contribution is -2.00. The smallest absolute Gasteiger partial charge is 0.146 e. The number of pyridine rings is 1. The van der Waals surface area contributed by atoms with E-state index >= 15 is 0 Å². The lowest BCUT2D eigenvalue weighted by atomic mass is 10.1. The molecule has 1 aromatic heterocycles. The molecule has 0 bridgehead atoms. The Kier molecular flexibility index (Phi) is 3.06. The first kappa shape index (κ1) is 12.5. The number of para-hydroxylation sites is 1. The van der Waals surface area contributed by atoms with Crippen molar-refractivity contribution in [2.75, 3.05) is 5.73 Å². The van der Waals surface area contributed by atoms with Gasteiger partial charge in [-0.2, -0.15) is 0 Å². The lowest BCUT2D eigenvalue weighted by molar-refractivity contribution is 0.591. The van der Waals surface area contributed by atoms with Gasteiger partial charge in [-0.05, 0) is 23.8 Å². The normalized spacial score (nSPS) is 10.9. The fourth-order valence-corrected chi connectivity index (χ4v) is 2.14. The van der Waals surface area contributed by atoms with Gasteiger partial charge < -0.3 is 5.73 Å². The third-order valence-electron chi connectivity index (χ3n) is 3.19. The van der Waals surface area contributed by atoms with Gasteiger partial charge in [-0.3, -0.25) is 4.98 Å². The summed E-state index contributed by atoms with van der Waals surface area (Å²) in [6.45, 7) is 0. The highest BCUT2D eigenvalue weighted by Crippen LogP contribution is 2.20. The Balaban J connectivity index is 1.99. The Morgan fingerprint density at radius 3 is 2.60 bits per heavy atom. The monoisotopic (exact) mass is 270 g/mol. The fourth-order valence-electron chi connectivity index (χ4n) is 2.14. The van der Waals surface area contributed by atoms with Gasteiger partial charge in [0.05, 0.1) is 11.2 Å². The molecular formula is C16H12F2N2. The zero-order valence-corrected chi connectivity index (χ0v) is 10.6. The third-order valence-corrected chi connectivity index (χ3v) is 3.19. The third kappa shape index (κ3) is 2.32. The number of anilines is 1. The van der Waals surface area contributed by atoms with Crippen LogP contribution in [-0.2, 0) is 6.42 Å². The highest BCUT2D eigenvalue weighted by Gasteiger charge is 2.09. The number of hydrogen-bond acceptors (Lipinski definition) is 2. The van der Waals surface area contributed by atoms with Crippen molar-refractivity contribution in [1.82, 2.24) is 4.98 Å². The minimum Gasteiger partial charge on any atom is -0.396 e. The van der Waals surface area contributed by atoms with Crippen LogP contribution in [0.2, 0.25) is 0 Å². The molecule has 0 aliphatic carbocycles. The van der Waals surface area contributed by atoms with Crippen LogP contribution >= 0.6 is 0 Å². The van der Waals surface area contributed by atoms with Crippen LogP contribution < -0.4 is 5.73 Å². The molecule has 0 radical (unpaired) electrons. The Labute approximate surface area is 114 Å². The minimum absolute atomic E-state index is 0.183. The van der Waals surface area contributed by atoms with Crippen LogP contribution in [0.5, 0.6) is 0 Å². The molecule has 0 atom stereocenters. The molecule has 20 heavy (non-hydrogen) atoms. The molecule has 0 unspecified atom stereocenters. The molecule has 100 valence electrons. The second-order valence-electron chi connectivity index (χ2n) is 4.64. The summed E-state index contributed by atoms with van der Waals surface area (Å²) in [5, 5.41) is 1.01. The number of aromatic nitrogens is 1. The predicted octanol–water partition coefficient (Wildman–Crippen LogP) is 3.69. The number of rotatable bonds is 2. The van der Waals surface area contributed by atoms with Crippen molar-refractivity contribution in [3.63, 3.8) is 0 Å². The van der Waals surface area contributed by atoms with E-state index in [-0.39, 0.29) is 17.7 Å². The second kappa shape index (κ2) is 4.89. The molecule has 0 saturated heterocycles. The van der Waals surface area contributed by atoms with Crippen molar-refractivity contribution in [2.45, 2.75) is 6.42 Å². The van der Waals surface area contributed by atoms with Gasteiger partial charge in [-0.1, -0.05) is 24.3 Å². The summed E-state index contributed by atoms with van der Waals surface area (Å²) in [6, 6.07) is 13.5. The van der Waals surface area contributed by atoms with E-state index in [1.54, 1.807) is 0 Å². The Hall–Kier alpha value is -2.49. The molecule has 0 spiro atoms. The van der Waals surface area contributed by atoms with Crippen molar-refractivity contribution in [1.29, 1.82) is 0 Å². The first-order valence-electron chi connectivity index (χ1n) is 6.21. The van der Waals surface area contributed by atoms with Crippen molar-refractivity contribution < 1.29 is 8.78 Å². The van der Waals surface area contributed by atoms with Gasteiger partial charge in [0.15, 0.2) is 0 Å². The molecule has 0 saturated carbocycles. The van der Waals surface area contributed by atoms with E-state index in [9.17, 15) is 8.78 Å². The molecule has 2 aromatic carbocycles. The molecule has 3 aromatic rings. The maximum absolute atomic E-state index is 13.8. The number of nitrogens with zero attached hydrogens (tertiary/aromatic N) is 1. The van der Waals surface area contributed by atoms with Gasteiger partial charge >= 0.3 is 0 Å². The van der Waals surface area contributed by atoms with Crippen LogP contribution in [0.15, 0.2) is 48.5 Å². The van der Waals surface area contributed by atoms with Crippen molar-refractivity contribution >= 4 is 16.6 Å². The van der Waals surface area contributed by atoms with Crippen molar-refractivity contribution in [3.05, 3.63) is 71.4 Å². The van der Waals surface area contributed by atoms with Gasteiger partial charge in [0.1, 0.15) is 11.6 Å². The molecular weight excluding hydrogens is 258 g/mol. The van der Waals surface area contributed by atoms with Gasteiger partial charge in [0.2, 0.25) is 0 Å². The van der Waals surface area contributed by atoms with Crippen molar-refractivity contribution in [2.24, 2.45) is 0 Å². The lowest BCUT2D eigenvalue weighted by Gasteiger charge is -2.06. The van der Waals surface area contributed by atoms with Crippen LogP contribution in [0.25, 0.3) is 10.9 Å². The second-order valence-corrected chi connectivity index (χ2v) is 4.64. The summed E-state index contributed by atoms with van der Waals surface area (Å²) in [5.74, 6) is -1.12. The van der Waals surface area contributed by atoms with Crippen LogP contribution in [0.3, 0.4) is 0 Å². The maximum Gasteiger partial charge on any atom is 0.146 e. The van der Waals surface area contributed by atoms with Gasteiger partial charge in [0.25, 0.3) is 0 Å². The molecule has 0 fully saturated rings. The molecule has 3 rings (SSSR count). The van der Waals surface area contributed by atoms with E-state index in [4.69, 9.17) is 5.73 Å². The van der Waals surface area contributed by atoms with E-state index in [1.165, 1.54) is 0 Å². The van der Waals surface area contributed by atoms with Crippen molar-refractivity contribution in [3.8, 4) is 0 Å². The van der Waals surface area contributed by atoms with E-state index in [1.807, 2.05) is 36.4 Å². The van der Waals surface area contributed by atoms with Crippen LogP contribution in [0.4, 0.5) is 14.5 Å². The predicted molar refractivity (Wildman–Crippen MR) is 75.3 cm³/mol. The Morgan fingerprint density at radius 2 is 1.75 bits per heavy atom. The average Bonchev–Trinajstić information content (AvgIpc) is 2.44. The molecule has 0 aliphatic heterocycles. The molecule has 2 nitrogen and oxygen atoms in total. The topological polar surface area (TPSA) is 38.9 Å². The minimum atomic E-state index is -0.609. The zero-order valence-electron chi connectivity index (χ0n) is 10.6. The summed E-state index contributed by atoms with van der Waals surface area (Å²) in [6.07, 6.45) is 0.230. The standard InChI is InChI=1S/C16H12F2N2/c17-13-9-15(19)14(18)8-11(13)7-12-6-5-10-3-1-2-4-16(10)20-12/h1-6,8-9H,7,19H2. The highest BCUT2D eigenvalue weighted by atomic mass is 19.1. The molecule has 0 aliphatic rings. The zero-order chi connectivity index (χ0) is 14.1. The molecule has 4 heteroatoms. The first-order chi connectivity index (χ1) is 9.63. The first-order valence-corrected chi connectivity index (χ1v) is 6.21. The van der Waals surface area contributed by atoms with Crippen LogP contribution in [-0.4, -0.2) is 4.98 Å². The van der Waals surface area contributed by atoms with Gasteiger partial charge in [-0.25, -0.2) is 8.78 Å². The van der Waals surface area contributed by atoms with E-state index in [0.29, 0.717) is 5.69 Å². The molecule has 1 heterocycles. The summed E-state index contributed by atoms with van der Waals surface area (Å²) in [5.41, 5.74) is 6.91. The van der Waals surface area contributed by atoms with E-state index in [2.05, 4.69) is 4.98 Å². The van der Waals surface area contributed by atoms with E-state index in [0.717, 1.165) is 23.0 Å². The number of nitrogen functional groups attached to an aromatic ring is 1. The quantitative estimate of drug-likeness (QED) is 0.721. The van der Waals surface area contributed by atoms with E-state index < -0.39 is 11.6 Å². The van der Waals surface area contributed by atoms with Gasteiger partial charge in [0, 0.05) is 23.6 Å². The number of hydrogen-bond donors (Lipinski definition) is 1. The average molecular weight is 270 g/mol. The summed E-state index contributed by atoms with van der Waals surface area (Å²) in [7, 11) is 0. The highest BCUT2D eigenvalue weighted by molar-refractivity contribution is 5.78. The van der Waals surface area contributed by atoms with Crippen LogP contribution in [0.1, 0.15) is 11.3 Å². The summed E-state index contributed by atoms with van der Waals surface area (Å²) >= 11 is 0. The number of halogens is 2. The Bertz CT molecular complexity index is 785. The number of fused-ring (bicyclic) bond motifs is 1. The maximum atomic E-state index is 13.8. The molecule has 0 amide bonds. The molecule has 2 N–H and O–H groups in total. The Morgan fingerprint density at radius 1 is 0.950 bits per heavy atom. The van der Waals surface area contributed by atoms with Gasteiger partial charge in [-0.15, -0.1) is 0 Å². The number of benzene rings is 2. The summed E-state index contributed by atoms with van der Waals surface area (Å²) in [4.78, 5) is 4.44. The van der Waals surface area contributed by atoms with Crippen LogP contribution in [0, 0.1) is 11.6 Å². The summed E-state index contributed by atoms with van der Waals surface area (Å²) < 4.78 is 27.2. The number of nitrogens with two attached hydrogens (primary N) is 1. The fraction of sp³-hybridized carbons (Fsp3) is 0.0625. The SMILES string of the molecule is Nc1cc(F)c(Cc2ccc3ccccc3n2)cc1F.